The van der Waals surface area contributed by atoms with Crippen molar-refractivity contribution in [3.8, 4) is 0 Å². The summed E-state index contributed by atoms with van der Waals surface area (Å²) in [5, 5.41) is 0. The predicted octanol–water partition coefficient (Wildman–Crippen LogP) is -4.97. The van der Waals surface area contributed by atoms with Gasteiger partial charge in [-0.05, 0) is 0 Å². The Bertz CT molecular complexity index is 6.00. The van der Waals surface area contributed by atoms with E-state index in [9.17, 15) is 0 Å². The van der Waals surface area contributed by atoms with Crippen molar-refractivity contribution in [2.45, 2.75) is 0 Å². The van der Waals surface area contributed by atoms with Crippen LogP contribution in [0.5, 0.6) is 0 Å². The van der Waals surface area contributed by atoms with Crippen LogP contribution in [0.1, 0.15) is 0 Å². The minimum Gasteiger partial charge on any atom is -1.49 e. The van der Waals surface area contributed by atoms with Gasteiger partial charge in [0.05, 0.1) is 0 Å². The summed E-state index contributed by atoms with van der Waals surface area (Å²) in [4.78, 5) is 0. The van der Waals surface area contributed by atoms with Crippen LogP contribution < -0.4 is 103 Å². The van der Waals surface area contributed by atoms with Crippen molar-refractivity contribution in [1.29, 1.82) is 0 Å². The molecule has 0 aromatic rings. The summed E-state index contributed by atoms with van der Waals surface area (Å²) in [6.45, 7) is 1.69. The molecule has 0 N–H and O–H groups in total. The molecule has 0 aromatic carbocycles. The molecule has 0 amide bonds. The average Bonchev–Trinajstić information content (AvgIpc) is 1.00. The molecule has 0 unspecified atom stereocenters. The molecule has 0 aliphatic rings. The molecular weight excluding hydrogens is 121 g/mol. The van der Waals surface area contributed by atoms with E-state index in [4.69, 9.17) is 0 Å². The Morgan fingerprint density at radius 2 is 1.00 bits per heavy atom. The molecule has 0 rings (SSSR count). The van der Waals surface area contributed by atoms with E-state index in [2.05, 4.69) is 9.24 Å². The predicted molar refractivity (Wildman–Crippen MR) is 12.8 cm³/mol. The van der Waals surface area contributed by atoms with Crippen LogP contribution in [0.4, 0.5) is 0 Å². The molecule has 0 fully saturated rings. The zero-order valence-electron chi connectivity index (χ0n) is 3.45. The second kappa shape index (κ2) is 15.9. The van der Waals surface area contributed by atoms with Crippen LogP contribution in [-0.4, -0.2) is 6.66 Å². The third kappa shape index (κ3) is 9.20. The van der Waals surface area contributed by atoms with Crippen LogP contribution >= 0.6 is 9.24 Å². The molecule has 0 spiro atoms. The normalized spacial score (nSPS) is 1.50. The maximum Gasteiger partial charge on any atom is 1.00 e. The number of rotatable bonds is 0. The van der Waals surface area contributed by atoms with Crippen LogP contribution in [0.25, 0.3) is 0 Å². The molecule has 0 saturated heterocycles. The van der Waals surface area contributed by atoms with Gasteiger partial charge in [-0.15, -0.1) is 0 Å². The first-order valence-electron chi connectivity index (χ1n) is 0.447. The summed E-state index contributed by atoms with van der Waals surface area (Å²) in [6.07, 6.45) is 0. The van der Waals surface area contributed by atoms with Crippen molar-refractivity contribution in [1.82, 2.24) is 0 Å². The zero-order valence-corrected chi connectivity index (χ0v) is 10.6. The van der Waals surface area contributed by atoms with Gasteiger partial charge in [0.25, 0.3) is 0 Å². The Morgan fingerprint density at radius 1 is 1.00 bits per heavy atom. The molecule has 0 radical (unpaired) electrons. The maximum atomic E-state index is 3.53. The Morgan fingerprint density at radius 3 is 1.00 bits per heavy atom. The molecule has 0 aliphatic heterocycles. The average molecular weight is 124 g/mol. The van der Waals surface area contributed by atoms with Gasteiger partial charge in [0.2, 0.25) is 0 Å². The fraction of sp³-hybridized carbons (Fsp3) is 1.00. The van der Waals surface area contributed by atoms with Gasteiger partial charge in [-0.25, -0.2) is 0 Å². The fourth-order valence-electron chi connectivity index (χ4n) is 0. The molecule has 4 heavy (non-hydrogen) atoms. The third-order valence-electron chi connectivity index (χ3n) is 0. The second-order valence-electron chi connectivity index (χ2n) is 0. The van der Waals surface area contributed by atoms with Gasteiger partial charge in [-0.1, -0.05) is 0 Å². The molecule has 0 atom stereocenters. The molecule has 0 nitrogen and oxygen atoms in total. The first-order chi connectivity index (χ1) is 1.00. The van der Waals surface area contributed by atoms with E-state index in [0.717, 1.165) is 0 Å². The third-order valence-corrected chi connectivity index (χ3v) is 0. The van der Waals surface area contributed by atoms with Gasteiger partial charge in [0, 0.05) is 0 Å². The van der Waals surface area contributed by atoms with E-state index < -0.39 is 0 Å². The Kier molecular flexibility index (Phi) is 62.2. The summed E-state index contributed by atoms with van der Waals surface area (Å²) in [5.74, 6) is 0. The van der Waals surface area contributed by atoms with E-state index in [0.29, 0.717) is 0 Å². The molecule has 0 aliphatic carbocycles. The summed E-state index contributed by atoms with van der Waals surface area (Å²) in [6, 6.07) is 0. The first kappa shape index (κ1) is 15.6. The van der Waals surface area contributed by atoms with Gasteiger partial charge in [0.15, 0.2) is 0 Å². The fourth-order valence-corrected chi connectivity index (χ4v) is 0. The quantitative estimate of drug-likeness (QED) is 0.224. The van der Waals surface area contributed by atoms with Gasteiger partial charge in [0.1, 0.15) is 0 Å². The van der Waals surface area contributed by atoms with E-state index in [1.54, 1.807) is 6.66 Å². The number of hydrogen-bond donors (Lipinski definition) is 0. The first-order valence-corrected chi connectivity index (χ1v) is 1.34. The standard InChI is InChI=1S/CH3P.2K/c1-2;;/h1H3;;/q-2;2*+1. The minimum atomic E-state index is 0. The molecular formula is CH3K2P. The van der Waals surface area contributed by atoms with Crippen LogP contribution in [0.2, 0.25) is 0 Å². The van der Waals surface area contributed by atoms with Gasteiger partial charge in [-0.2, -0.15) is 0 Å². The molecule has 3 heteroatoms. The van der Waals surface area contributed by atoms with E-state index >= 15 is 0 Å². The van der Waals surface area contributed by atoms with E-state index in [-0.39, 0.29) is 103 Å². The Balaban J connectivity index is -0.00000000500. The van der Waals surface area contributed by atoms with Crippen molar-refractivity contribution >= 4 is 9.24 Å². The molecule has 14 valence electrons. The largest absolute Gasteiger partial charge is 1.49 e. The van der Waals surface area contributed by atoms with Crippen LogP contribution in [0.3, 0.4) is 0 Å². The Hall–Kier alpha value is 3.70. The Labute approximate surface area is 115 Å². The maximum absolute atomic E-state index is 3.53. The van der Waals surface area contributed by atoms with Gasteiger partial charge < -0.3 is 15.9 Å². The minimum absolute atomic E-state index is 0. The van der Waals surface area contributed by atoms with Crippen molar-refractivity contribution in [2.24, 2.45) is 0 Å². The summed E-state index contributed by atoms with van der Waals surface area (Å²) in [7, 11) is 3.53. The van der Waals surface area contributed by atoms with E-state index in [1.807, 2.05) is 0 Å². The summed E-state index contributed by atoms with van der Waals surface area (Å²) < 4.78 is 0. The van der Waals surface area contributed by atoms with E-state index in [1.165, 1.54) is 0 Å². The van der Waals surface area contributed by atoms with Crippen molar-refractivity contribution in [3.05, 3.63) is 0 Å². The van der Waals surface area contributed by atoms with Crippen molar-refractivity contribution < 1.29 is 103 Å². The number of hydrogen-bond acceptors (Lipinski definition) is 0. The molecule has 0 heterocycles. The molecule has 0 bridgehead atoms. The van der Waals surface area contributed by atoms with Gasteiger partial charge >= 0.3 is 103 Å². The molecule has 0 aromatic heterocycles. The topological polar surface area (TPSA) is 0 Å². The monoisotopic (exact) mass is 124 g/mol. The molecule has 0 saturated carbocycles. The van der Waals surface area contributed by atoms with Crippen LogP contribution in [0, 0.1) is 0 Å². The summed E-state index contributed by atoms with van der Waals surface area (Å²) >= 11 is 0. The van der Waals surface area contributed by atoms with Crippen LogP contribution in [0.15, 0.2) is 0 Å². The SMILES string of the molecule is C[P-2].[K+].[K+]. The van der Waals surface area contributed by atoms with Gasteiger partial charge in [-0.3, -0.25) is 0 Å². The van der Waals surface area contributed by atoms with Crippen LogP contribution in [-0.2, 0) is 0 Å². The second-order valence-corrected chi connectivity index (χ2v) is 0. The smallest absolute Gasteiger partial charge is 1.00 e. The summed E-state index contributed by atoms with van der Waals surface area (Å²) in [5.41, 5.74) is 0. The van der Waals surface area contributed by atoms with Crippen molar-refractivity contribution in [3.63, 3.8) is 0 Å². The zero-order chi connectivity index (χ0) is 2.00. The van der Waals surface area contributed by atoms with Crippen molar-refractivity contribution in [2.75, 3.05) is 6.66 Å².